The zero-order valence-electron chi connectivity index (χ0n) is 12.9. The number of hydrogen-bond donors (Lipinski definition) is 2. The number of benzene rings is 2. The van der Waals surface area contributed by atoms with Crippen LogP contribution < -0.4 is 19.9 Å². The van der Waals surface area contributed by atoms with Gasteiger partial charge in [0.2, 0.25) is 10.0 Å². The highest BCUT2D eigenvalue weighted by Gasteiger charge is 2.29. The van der Waals surface area contributed by atoms with E-state index in [9.17, 15) is 13.2 Å². The first-order chi connectivity index (χ1) is 11.4. The number of ether oxygens (including phenoxy) is 2. The SMILES string of the molecule is COc1ccc(NC(=O)[C@@H]2Cc3ccccc3O2)cc1S(N)(=O)=O. The Bertz CT molecular complexity index is 870. The van der Waals surface area contributed by atoms with Gasteiger partial charge in [-0.05, 0) is 29.8 Å². The van der Waals surface area contributed by atoms with Crippen molar-refractivity contribution in [1.82, 2.24) is 0 Å². The largest absolute Gasteiger partial charge is 0.495 e. The molecular formula is C16H16N2O5S. The highest BCUT2D eigenvalue weighted by atomic mass is 32.2. The van der Waals surface area contributed by atoms with Gasteiger partial charge >= 0.3 is 0 Å². The summed E-state index contributed by atoms with van der Waals surface area (Å²) in [6.07, 6.45) is -0.206. The maximum absolute atomic E-state index is 12.4. The first-order valence-corrected chi connectivity index (χ1v) is 8.69. The van der Waals surface area contributed by atoms with Crippen LogP contribution >= 0.6 is 0 Å². The molecule has 0 aliphatic carbocycles. The highest BCUT2D eigenvalue weighted by molar-refractivity contribution is 7.89. The Balaban J connectivity index is 1.79. The van der Waals surface area contributed by atoms with Crippen LogP contribution in [0.2, 0.25) is 0 Å². The number of carbonyl (C=O) groups is 1. The minimum absolute atomic E-state index is 0.111. The molecule has 2 aromatic carbocycles. The molecular weight excluding hydrogens is 332 g/mol. The molecule has 0 saturated carbocycles. The molecule has 1 aliphatic rings. The monoisotopic (exact) mass is 348 g/mol. The molecule has 0 spiro atoms. The van der Waals surface area contributed by atoms with E-state index in [0.29, 0.717) is 17.9 Å². The lowest BCUT2D eigenvalue weighted by atomic mass is 10.1. The van der Waals surface area contributed by atoms with Crippen molar-refractivity contribution < 1.29 is 22.7 Å². The Morgan fingerprint density at radius 3 is 2.71 bits per heavy atom. The second-order valence-electron chi connectivity index (χ2n) is 5.32. The maximum atomic E-state index is 12.4. The van der Waals surface area contributed by atoms with Gasteiger partial charge in [0.05, 0.1) is 7.11 Å². The summed E-state index contributed by atoms with van der Waals surface area (Å²) < 4.78 is 33.8. The average molecular weight is 348 g/mol. The van der Waals surface area contributed by atoms with E-state index in [-0.39, 0.29) is 16.6 Å². The van der Waals surface area contributed by atoms with Crippen LogP contribution in [-0.4, -0.2) is 27.5 Å². The van der Waals surface area contributed by atoms with Gasteiger partial charge in [-0.3, -0.25) is 4.79 Å². The number of nitrogens with one attached hydrogen (secondary N) is 1. The molecule has 1 heterocycles. The summed E-state index contributed by atoms with van der Waals surface area (Å²) in [4.78, 5) is 12.2. The van der Waals surface area contributed by atoms with Gasteiger partial charge in [-0.2, -0.15) is 0 Å². The van der Waals surface area contributed by atoms with Crippen molar-refractivity contribution in [2.45, 2.75) is 17.4 Å². The molecule has 0 aromatic heterocycles. The molecule has 3 N–H and O–H groups in total. The number of nitrogens with two attached hydrogens (primary N) is 1. The molecule has 7 nitrogen and oxygen atoms in total. The third-order valence-electron chi connectivity index (χ3n) is 3.68. The topological polar surface area (TPSA) is 108 Å². The van der Waals surface area contributed by atoms with E-state index < -0.39 is 16.1 Å². The summed E-state index contributed by atoms with van der Waals surface area (Å²) in [5, 5.41) is 7.81. The van der Waals surface area contributed by atoms with E-state index in [1.54, 1.807) is 6.07 Å². The zero-order chi connectivity index (χ0) is 17.3. The van der Waals surface area contributed by atoms with Crippen molar-refractivity contribution in [3.8, 4) is 11.5 Å². The zero-order valence-corrected chi connectivity index (χ0v) is 13.7. The van der Waals surface area contributed by atoms with Crippen LogP contribution in [0, 0.1) is 0 Å². The summed E-state index contributed by atoms with van der Waals surface area (Å²) in [6, 6.07) is 11.6. The van der Waals surface area contributed by atoms with Gasteiger partial charge in [-0.15, -0.1) is 0 Å². The molecule has 24 heavy (non-hydrogen) atoms. The first kappa shape index (κ1) is 16.3. The van der Waals surface area contributed by atoms with E-state index in [4.69, 9.17) is 14.6 Å². The molecule has 8 heteroatoms. The molecule has 1 aliphatic heterocycles. The van der Waals surface area contributed by atoms with Gasteiger partial charge in [-0.1, -0.05) is 18.2 Å². The fourth-order valence-electron chi connectivity index (χ4n) is 2.53. The van der Waals surface area contributed by atoms with E-state index in [0.717, 1.165) is 5.56 Å². The van der Waals surface area contributed by atoms with Crippen LogP contribution in [0.5, 0.6) is 11.5 Å². The lowest BCUT2D eigenvalue weighted by molar-refractivity contribution is -0.122. The molecule has 3 rings (SSSR count). The van der Waals surface area contributed by atoms with Gasteiger partial charge < -0.3 is 14.8 Å². The van der Waals surface area contributed by atoms with Gasteiger partial charge in [0.1, 0.15) is 16.4 Å². The Morgan fingerprint density at radius 1 is 1.29 bits per heavy atom. The molecule has 0 unspecified atom stereocenters. The summed E-state index contributed by atoms with van der Waals surface area (Å²) in [6.45, 7) is 0. The lowest BCUT2D eigenvalue weighted by Crippen LogP contribution is -2.31. The molecule has 126 valence electrons. The summed E-state index contributed by atoms with van der Waals surface area (Å²) in [5.74, 6) is 0.425. The fourth-order valence-corrected chi connectivity index (χ4v) is 3.25. The van der Waals surface area contributed by atoms with Crippen LogP contribution in [0.15, 0.2) is 47.4 Å². The van der Waals surface area contributed by atoms with Gasteiger partial charge in [-0.25, -0.2) is 13.6 Å². The molecule has 0 radical (unpaired) electrons. The fraction of sp³-hybridized carbons (Fsp3) is 0.188. The molecule has 0 bridgehead atoms. The standard InChI is InChI=1S/C16H16N2O5S/c1-22-13-7-6-11(9-15(13)24(17,20)21)18-16(19)14-8-10-4-2-3-5-12(10)23-14/h2-7,9,14H,8H2,1H3,(H,18,19)(H2,17,20,21)/t14-/m0/s1. The Morgan fingerprint density at radius 2 is 2.04 bits per heavy atom. The predicted octanol–water partition coefficient (Wildman–Crippen LogP) is 1.28. The number of rotatable bonds is 4. The van der Waals surface area contributed by atoms with Crippen LogP contribution in [0.3, 0.4) is 0 Å². The van der Waals surface area contributed by atoms with Crippen molar-refractivity contribution in [1.29, 1.82) is 0 Å². The number of sulfonamides is 1. The molecule has 1 amide bonds. The van der Waals surface area contributed by atoms with Crippen molar-refractivity contribution >= 4 is 21.6 Å². The van der Waals surface area contributed by atoms with Crippen LogP contribution in [0.4, 0.5) is 5.69 Å². The van der Waals surface area contributed by atoms with E-state index in [1.165, 1.54) is 25.3 Å². The maximum Gasteiger partial charge on any atom is 0.265 e. The van der Waals surface area contributed by atoms with Gasteiger partial charge in [0.25, 0.3) is 5.91 Å². The number of fused-ring (bicyclic) bond motifs is 1. The number of methoxy groups -OCH3 is 1. The van der Waals surface area contributed by atoms with Crippen LogP contribution in [-0.2, 0) is 21.2 Å². The van der Waals surface area contributed by atoms with E-state index in [1.807, 2.05) is 18.2 Å². The van der Waals surface area contributed by atoms with Crippen molar-refractivity contribution in [3.63, 3.8) is 0 Å². The number of primary sulfonamides is 1. The van der Waals surface area contributed by atoms with Crippen molar-refractivity contribution in [3.05, 3.63) is 48.0 Å². The number of hydrogen-bond acceptors (Lipinski definition) is 5. The van der Waals surface area contributed by atoms with Crippen LogP contribution in [0.25, 0.3) is 0 Å². The Hall–Kier alpha value is -2.58. The first-order valence-electron chi connectivity index (χ1n) is 7.15. The van der Waals surface area contributed by atoms with E-state index >= 15 is 0 Å². The average Bonchev–Trinajstić information content (AvgIpc) is 2.98. The third kappa shape index (κ3) is 3.19. The lowest BCUT2D eigenvalue weighted by Gasteiger charge is -2.13. The van der Waals surface area contributed by atoms with Gasteiger partial charge in [0, 0.05) is 12.1 Å². The highest BCUT2D eigenvalue weighted by Crippen LogP contribution is 2.30. The molecule has 1 atom stereocenters. The molecule has 0 fully saturated rings. The van der Waals surface area contributed by atoms with E-state index in [2.05, 4.69) is 5.32 Å². The van der Waals surface area contributed by atoms with Crippen molar-refractivity contribution in [2.75, 3.05) is 12.4 Å². The minimum atomic E-state index is -3.97. The van der Waals surface area contributed by atoms with Crippen LogP contribution in [0.1, 0.15) is 5.56 Å². The summed E-state index contributed by atoms with van der Waals surface area (Å²) in [7, 11) is -2.63. The Labute approximate surface area is 139 Å². The third-order valence-corrected chi connectivity index (χ3v) is 4.61. The number of para-hydroxylation sites is 1. The minimum Gasteiger partial charge on any atom is -0.495 e. The Kier molecular flexibility index (Phi) is 4.16. The smallest absolute Gasteiger partial charge is 0.265 e. The molecule has 0 saturated heterocycles. The normalized spacial score (nSPS) is 16.2. The predicted molar refractivity (Wildman–Crippen MR) is 87.6 cm³/mol. The quantitative estimate of drug-likeness (QED) is 0.865. The van der Waals surface area contributed by atoms with Gasteiger partial charge in [0.15, 0.2) is 6.10 Å². The molecule has 2 aromatic rings. The number of amides is 1. The number of carbonyl (C=O) groups excluding carboxylic acids is 1. The summed E-state index contributed by atoms with van der Waals surface area (Å²) >= 11 is 0. The summed E-state index contributed by atoms with van der Waals surface area (Å²) in [5.41, 5.74) is 1.25. The second-order valence-corrected chi connectivity index (χ2v) is 6.85. The number of anilines is 1. The van der Waals surface area contributed by atoms with Crippen molar-refractivity contribution in [2.24, 2.45) is 5.14 Å². The second kappa shape index (κ2) is 6.14.